The Balaban J connectivity index is 5.01. The standard InChI is InChI=1S/C7H18N2O7P2/c8-4-2-6(5-9)1-3-7(10,17(11,12)13)18(14,15)16/h4,6,8,10H,1-3,5,9H2,(H2,11,12,13)(H2,14,15,16). The smallest absolute Gasteiger partial charge is 0.368 e. The molecule has 0 aliphatic rings. The highest BCUT2D eigenvalue weighted by Crippen LogP contribution is 2.69. The Hall–Kier alpha value is -0.110. The van der Waals surface area contributed by atoms with E-state index in [9.17, 15) is 14.2 Å². The van der Waals surface area contributed by atoms with Crippen molar-refractivity contribution in [1.29, 1.82) is 5.41 Å². The van der Waals surface area contributed by atoms with Crippen LogP contribution in [-0.2, 0) is 9.13 Å². The molecule has 0 rings (SSSR count). The minimum absolute atomic E-state index is 0.0772. The minimum atomic E-state index is -5.40. The summed E-state index contributed by atoms with van der Waals surface area (Å²) >= 11 is 0. The second-order valence-corrected chi connectivity index (χ2v) is 7.95. The Kier molecular flexibility index (Phi) is 6.32. The van der Waals surface area contributed by atoms with E-state index in [1.807, 2.05) is 0 Å². The molecule has 18 heavy (non-hydrogen) atoms. The van der Waals surface area contributed by atoms with Gasteiger partial charge in [-0.3, -0.25) is 9.13 Å². The second kappa shape index (κ2) is 6.36. The molecule has 108 valence electrons. The van der Waals surface area contributed by atoms with Gasteiger partial charge in [0.25, 0.3) is 5.08 Å². The van der Waals surface area contributed by atoms with Crippen molar-refractivity contribution in [1.82, 2.24) is 0 Å². The van der Waals surface area contributed by atoms with Crippen molar-refractivity contribution in [3.63, 3.8) is 0 Å². The molecule has 1 atom stereocenters. The molecule has 0 radical (unpaired) electrons. The number of hydrogen-bond acceptors (Lipinski definition) is 5. The van der Waals surface area contributed by atoms with E-state index in [4.69, 9.17) is 30.7 Å². The van der Waals surface area contributed by atoms with Crippen LogP contribution in [0.1, 0.15) is 19.3 Å². The normalized spacial score (nSPS) is 15.4. The third kappa shape index (κ3) is 4.22. The number of rotatable bonds is 8. The first-order valence-corrected chi connectivity index (χ1v) is 8.24. The minimum Gasteiger partial charge on any atom is -0.368 e. The Labute approximate surface area is 104 Å². The fraction of sp³-hybridized carbons (Fsp3) is 0.857. The second-order valence-electron chi connectivity index (χ2n) is 3.94. The summed E-state index contributed by atoms with van der Waals surface area (Å²) < 4.78 is 22.1. The fourth-order valence-corrected chi connectivity index (χ4v) is 3.56. The first kappa shape index (κ1) is 17.9. The summed E-state index contributed by atoms with van der Waals surface area (Å²) in [5.41, 5.74) is 5.33. The van der Waals surface area contributed by atoms with Gasteiger partial charge in [-0.25, -0.2) is 0 Å². The Morgan fingerprint density at radius 2 is 1.67 bits per heavy atom. The average molecular weight is 304 g/mol. The molecule has 0 saturated heterocycles. The van der Waals surface area contributed by atoms with Gasteiger partial charge in [0, 0.05) is 6.42 Å². The van der Waals surface area contributed by atoms with Crippen molar-refractivity contribution in [2.24, 2.45) is 11.7 Å². The number of aliphatic hydroxyl groups is 1. The Morgan fingerprint density at radius 1 is 1.22 bits per heavy atom. The summed E-state index contributed by atoms with van der Waals surface area (Å²) in [6, 6.07) is 0. The van der Waals surface area contributed by atoms with E-state index in [0.29, 0.717) is 0 Å². The zero-order chi connectivity index (χ0) is 14.6. The largest absolute Gasteiger partial charge is 0.369 e. The molecule has 0 bridgehead atoms. The molecule has 11 heteroatoms. The van der Waals surface area contributed by atoms with Crippen LogP contribution >= 0.6 is 15.2 Å². The third-order valence-electron chi connectivity index (χ3n) is 2.61. The van der Waals surface area contributed by atoms with Crippen molar-refractivity contribution < 1.29 is 33.8 Å². The van der Waals surface area contributed by atoms with E-state index in [2.05, 4.69) is 0 Å². The van der Waals surface area contributed by atoms with E-state index >= 15 is 0 Å². The van der Waals surface area contributed by atoms with Crippen molar-refractivity contribution >= 4 is 21.4 Å². The SMILES string of the molecule is N=CCC(CN)CCC(O)(P(=O)(O)O)P(=O)(O)O. The van der Waals surface area contributed by atoms with Crippen LogP contribution in [0.25, 0.3) is 0 Å². The van der Waals surface area contributed by atoms with E-state index < -0.39 is 26.7 Å². The summed E-state index contributed by atoms with van der Waals surface area (Å²) in [6.45, 7) is 0.0772. The highest BCUT2D eigenvalue weighted by Gasteiger charge is 2.58. The van der Waals surface area contributed by atoms with E-state index in [1.165, 1.54) is 0 Å². The van der Waals surface area contributed by atoms with E-state index in [1.54, 1.807) is 0 Å². The molecular formula is C7H18N2O7P2. The quantitative estimate of drug-likeness (QED) is 0.228. The lowest BCUT2D eigenvalue weighted by atomic mass is 10.0. The molecular weight excluding hydrogens is 286 g/mol. The first-order valence-electron chi connectivity index (χ1n) is 5.02. The lowest BCUT2D eigenvalue weighted by molar-refractivity contribution is 0.117. The molecule has 0 aromatic carbocycles. The number of nitrogens with one attached hydrogen (secondary N) is 1. The predicted octanol–water partition coefficient (Wildman–Crippen LogP) is -0.617. The zero-order valence-electron chi connectivity index (χ0n) is 9.51. The number of nitrogens with two attached hydrogens (primary N) is 1. The third-order valence-corrected chi connectivity index (χ3v) is 6.48. The summed E-state index contributed by atoms with van der Waals surface area (Å²) in [6.07, 6.45) is 0.330. The van der Waals surface area contributed by atoms with Gasteiger partial charge in [0.05, 0.1) is 0 Å². The maximum absolute atomic E-state index is 11.0. The highest BCUT2D eigenvalue weighted by molar-refractivity contribution is 7.72. The molecule has 0 fully saturated rings. The summed E-state index contributed by atoms with van der Waals surface area (Å²) in [5.74, 6) is -0.382. The van der Waals surface area contributed by atoms with Gasteiger partial charge in [0.1, 0.15) is 0 Å². The van der Waals surface area contributed by atoms with Crippen LogP contribution in [0.2, 0.25) is 0 Å². The molecule has 0 aromatic rings. The molecule has 0 saturated carbocycles. The molecule has 0 spiro atoms. The van der Waals surface area contributed by atoms with Crippen LogP contribution in [0.3, 0.4) is 0 Å². The lowest BCUT2D eigenvalue weighted by Gasteiger charge is -2.30. The van der Waals surface area contributed by atoms with Gasteiger partial charge in [-0.15, -0.1) is 0 Å². The van der Waals surface area contributed by atoms with Crippen LogP contribution in [0, 0.1) is 11.3 Å². The van der Waals surface area contributed by atoms with Gasteiger partial charge >= 0.3 is 15.2 Å². The van der Waals surface area contributed by atoms with E-state index in [0.717, 1.165) is 6.21 Å². The van der Waals surface area contributed by atoms with Crippen LogP contribution in [0.5, 0.6) is 0 Å². The maximum atomic E-state index is 11.0. The van der Waals surface area contributed by atoms with Gasteiger partial charge in [-0.2, -0.15) is 0 Å². The van der Waals surface area contributed by atoms with Crippen molar-refractivity contribution in [2.75, 3.05) is 6.54 Å². The Morgan fingerprint density at radius 3 is 1.94 bits per heavy atom. The van der Waals surface area contributed by atoms with Crippen LogP contribution < -0.4 is 5.73 Å². The van der Waals surface area contributed by atoms with Gasteiger partial charge in [0.15, 0.2) is 0 Å². The molecule has 0 amide bonds. The predicted molar refractivity (Wildman–Crippen MR) is 64.2 cm³/mol. The molecule has 0 aromatic heterocycles. The summed E-state index contributed by atoms with van der Waals surface area (Å²) in [7, 11) is -10.8. The zero-order valence-corrected chi connectivity index (χ0v) is 11.3. The number of hydrogen-bond donors (Lipinski definition) is 7. The van der Waals surface area contributed by atoms with Gasteiger partial charge < -0.3 is 35.8 Å². The molecule has 0 heterocycles. The topological polar surface area (TPSA) is 185 Å². The first-order chi connectivity index (χ1) is 7.99. The average Bonchev–Trinajstić information content (AvgIpc) is 2.20. The fourth-order valence-electron chi connectivity index (χ4n) is 1.36. The van der Waals surface area contributed by atoms with E-state index in [-0.39, 0.29) is 25.3 Å². The lowest BCUT2D eigenvalue weighted by Crippen LogP contribution is -2.30. The molecule has 8 N–H and O–H groups in total. The van der Waals surface area contributed by atoms with Crippen LogP contribution in [-0.4, -0.2) is 42.5 Å². The van der Waals surface area contributed by atoms with Crippen LogP contribution in [0.4, 0.5) is 0 Å². The molecule has 1 unspecified atom stereocenters. The van der Waals surface area contributed by atoms with Gasteiger partial charge in [0.2, 0.25) is 0 Å². The summed E-state index contributed by atoms with van der Waals surface area (Å²) in [5, 5.41) is 13.0. The van der Waals surface area contributed by atoms with Crippen molar-refractivity contribution in [2.45, 2.75) is 24.3 Å². The molecule has 9 nitrogen and oxygen atoms in total. The van der Waals surface area contributed by atoms with Crippen molar-refractivity contribution in [3.05, 3.63) is 0 Å². The van der Waals surface area contributed by atoms with Crippen molar-refractivity contribution in [3.8, 4) is 0 Å². The highest BCUT2D eigenvalue weighted by atomic mass is 31.2. The molecule has 0 aliphatic carbocycles. The molecule has 0 aliphatic heterocycles. The maximum Gasteiger partial charge on any atom is 0.369 e. The summed E-state index contributed by atoms with van der Waals surface area (Å²) in [4.78, 5) is 35.5. The van der Waals surface area contributed by atoms with Gasteiger partial charge in [-0.05, 0) is 31.5 Å². The monoisotopic (exact) mass is 304 g/mol. The Bertz CT molecular complexity index is 354. The van der Waals surface area contributed by atoms with Gasteiger partial charge in [-0.1, -0.05) is 0 Å². The van der Waals surface area contributed by atoms with Crippen LogP contribution in [0.15, 0.2) is 0 Å².